The second kappa shape index (κ2) is 7.73. The van der Waals surface area contributed by atoms with Crippen LogP contribution in [0.4, 0.5) is 0 Å². The molecule has 140 valence electrons. The summed E-state index contributed by atoms with van der Waals surface area (Å²) in [4.78, 5) is 3.36. The SMILES string of the molecule is Oc1c([C@@H](O)N2CCOCC2)cc([C@H](O)N2CCOCC2)c(O)c1O. The standard InChI is InChI=1S/C16H24N2O7/c19-12-10(15(22)17-1-5-24-6-2-17)9-11(13(20)14(12)21)16(23)18-3-7-25-8-4-18/h9,15-16,19-23H,1-8H2/t15-,16+. The van der Waals surface area contributed by atoms with Crippen LogP contribution in [0.25, 0.3) is 0 Å². The Labute approximate surface area is 145 Å². The van der Waals surface area contributed by atoms with E-state index in [0.29, 0.717) is 52.6 Å². The Hall–Kier alpha value is -1.62. The fraction of sp³-hybridized carbons (Fsp3) is 0.625. The van der Waals surface area contributed by atoms with Crippen molar-refractivity contribution in [3.05, 3.63) is 17.2 Å². The molecular weight excluding hydrogens is 332 g/mol. The van der Waals surface area contributed by atoms with E-state index < -0.39 is 29.7 Å². The lowest BCUT2D eigenvalue weighted by molar-refractivity contribution is -0.0648. The Morgan fingerprint density at radius 2 is 1.04 bits per heavy atom. The number of nitrogens with zero attached hydrogens (tertiary/aromatic N) is 2. The van der Waals surface area contributed by atoms with Gasteiger partial charge in [0.2, 0.25) is 5.75 Å². The smallest absolute Gasteiger partial charge is 0.201 e. The first-order valence-electron chi connectivity index (χ1n) is 8.28. The predicted molar refractivity (Wildman–Crippen MR) is 86.1 cm³/mol. The first kappa shape index (κ1) is 18.2. The van der Waals surface area contributed by atoms with Crippen molar-refractivity contribution in [2.24, 2.45) is 0 Å². The highest BCUT2D eigenvalue weighted by Gasteiger charge is 2.30. The highest BCUT2D eigenvalue weighted by molar-refractivity contribution is 5.58. The van der Waals surface area contributed by atoms with Crippen LogP contribution >= 0.6 is 0 Å². The maximum absolute atomic E-state index is 10.6. The molecule has 2 atom stereocenters. The second-order valence-corrected chi connectivity index (χ2v) is 6.14. The Bertz CT molecular complexity index is 552. The van der Waals surface area contributed by atoms with Gasteiger partial charge in [0.15, 0.2) is 11.5 Å². The van der Waals surface area contributed by atoms with Crippen molar-refractivity contribution in [3.8, 4) is 17.2 Å². The molecule has 0 amide bonds. The maximum Gasteiger partial charge on any atom is 0.201 e. The van der Waals surface area contributed by atoms with Gasteiger partial charge in [0.05, 0.1) is 26.4 Å². The zero-order valence-corrected chi connectivity index (χ0v) is 13.8. The summed E-state index contributed by atoms with van der Waals surface area (Å²) < 4.78 is 10.5. The van der Waals surface area contributed by atoms with Crippen LogP contribution in [0.1, 0.15) is 23.6 Å². The van der Waals surface area contributed by atoms with Gasteiger partial charge >= 0.3 is 0 Å². The van der Waals surface area contributed by atoms with Crippen molar-refractivity contribution in [1.82, 2.24) is 9.80 Å². The van der Waals surface area contributed by atoms with Gasteiger partial charge in [0.1, 0.15) is 12.5 Å². The van der Waals surface area contributed by atoms with Gasteiger partial charge in [-0.05, 0) is 6.07 Å². The van der Waals surface area contributed by atoms with Crippen LogP contribution in [-0.4, -0.2) is 87.9 Å². The van der Waals surface area contributed by atoms with Crippen molar-refractivity contribution >= 4 is 0 Å². The van der Waals surface area contributed by atoms with E-state index in [1.807, 2.05) is 0 Å². The van der Waals surface area contributed by atoms with Crippen molar-refractivity contribution in [1.29, 1.82) is 0 Å². The molecule has 0 unspecified atom stereocenters. The lowest BCUT2D eigenvalue weighted by atomic mass is 10.0. The van der Waals surface area contributed by atoms with Gasteiger partial charge in [-0.15, -0.1) is 0 Å². The normalized spacial score (nSPS) is 22.6. The van der Waals surface area contributed by atoms with E-state index in [2.05, 4.69) is 0 Å². The molecule has 0 aliphatic carbocycles. The monoisotopic (exact) mass is 356 g/mol. The number of hydrogen-bond donors (Lipinski definition) is 5. The quantitative estimate of drug-likeness (QED) is 0.452. The average molecular weight is 356 g/mol. The van der Waals surface area contributed by atoms with E-state index in [0.717, 1.165) is 0 Å². The largest absolute Gasteiger partial charge is 0.504 e. The van der Waals surface area contributed by atoms with Crippen molar-refractivity contribution in [2.75, 3.05) is 52.6 Å². The lowest BCUT2D eigenvalue weighted by Gasteiger charge is -2.34. The van der Waals surface area contributed by atoms with Crippen molar-refractivity contribution < 1.29 is 35.0 Å². The highest BCUT2D eigenvalue weighted by atomic mass is 16.5. The zero-order valence-electron chi connectivity index (χ0n) is 13.8. The molecule has 1 aromatic carbocycles. The van der Waals surface area contributed by atoms with E-state index in [4.69, 9.17) is 9.47 Å². The summed E-state index contributed by atoms with van der Waals surface area (Å²) in [6, 6.07) is 1.32. The maximum atomic E-state index is 10.6. The summed E-state index contributed by atoms with van der Waals surface area (Å²) in [6.45, 7) is 3.65. The van der Waals surface area contributed by atoms with Crippen LogP contribution in [0, 0.1) is 0 Å². The van der Waals surface area contributed by atoms with Crippen LogP contribution < -0.4 is 0 Å². The molecule has 0 saturated carbocycles. The molecule has 25 heavy (non-hydrogen) atoms. The van der Waals surface area contributed by atoms with Gasteiger partial charge < -0.3 is 35.0 Å². The van der Waals surface area contributed by atoms with E-state index in [1.54, 1.807) is 9.80 Å². The number of aliphatic hydroxyl groups is 2. The summed E-state index contributed by atoms with van der Waals surface area (Å²) in [7, 11) is 0. The number of benzene rings is 1. The van der Waals surface area contributed by atoms with Gasteiger partial charge in [-0.25, -0.2) is 0 Å². The van der Waals surface area contributed by atoms with E-state index in [-0.39, 0.29) is 11.1 Å². The van der Waals surface area contributed by atoms with E-state index >= 15 is 0 Å². The van der Waals surface area contributed by atoms with Gasteiger partial charge in [0, 0.05) is 37.3 Å². The molecule has 2 aliphatic rings. The molecule has 2 saturated heterocycles. The Kier molecular flexibility index (Phi) is 5.62. The Morgan fingerprint density at radius 1 is 0.680 bits per heavy atom. The summed E-state index contributed by atoms with van der Waals surface area (Å²) in [5.74, 6) is -1.96. The Balaban J connectivity index is 1.91. The molecule has 3 rings (SSSR count). The summed E-state index contributed by atoms with van der Waals surface area (Å²) in [5.41, 5.74) is 0.0546. The first-order valence-corrected chi connectivity index (χ1v) is 8.28. The molecule has 9 heteroatoms. The Morgan fingerprint density at radius 3 is 1.40 bits per heavy atom. The molecule has 0 aromatic heterocycles. The van der Waals surface area contributed by atoms with Gasteiger partial charge in [0.25, 0.3) is 0 Å². The fourth-order valence-corrected chi connectivity index (χ4v) is 3.12. The number of aliphatic hydroxyl groups excluding tert-OH is 2. The molecule has 0 radical (unpaired) electrons. The molecule has 2 heterocycles. The van der Waals surface area contributed by atoms with Crippen LogP contribution in [0.3, 0.4) is 0 Å². The lowest BCUT2D eigenvalue weighted by Crippen LogP contribution is -2.40. The van der Waals surface area contributed by atoms with Crippen LogP contribution in [-0.2, 0) is 9.47 Å². The third-order valence-electron chi connectivity index (χ3n) is 4.65. The van der Waals surface area contributed by atoms with E-state index in [1.165, 1.54) is 6.07 Å². The minimum atomic E-state index is -1.19. The highest BCUT2D eigenvalue weighted by Crippen LogP contribution is 2.45. The molecule has 0 bridgehead atoms. The number of ether oxygens (including phenoxy) is 2. The third-order valence-corrected chi connectivity index (χ3v) is 4.65. The molecule has 9 nitrogen and oxygen atoms in total. The number of phenolic OH excluding ortho intramolecular Hbond substituents is 3. The predicted octanol–water partition coefficient (Wildman–Crippen LogP) is -0.550. The second-order valence-electron chi connectivity index (χ2n) is 6.14. The number of hydrogen-bond acceptors (Lipinski definition) is 9. The van der Waals surface area contributed by atoms with E-state index in [9.17, 15) is 25.5 Å². The minimum absolute atomic E-state index is 0.0273. The molecule has 2 fully saturated rings. The minimum Gasteiger partial charge on any atom is -0.504 e. The van der Waals surface area contributed by atoms with Crippen LogP contribution in [0.5, 0.6) is 17.2 Å². The number of rotatable bonds is 4. The van der Waals surface area contributed by atoms with Crippen molar-refractivity contribution in [3.63, 3.8) is 0 Å². The third kappa shape index (κ3) is 3.66. The van der Waals surface area contributed by atoms with Gasteiger partial charge in [-0.3, -0.25) is 9.80 Å². The first-order chi connectivity index (χ1) is 12.0. The molecule has 1 aromatic rings. The van der Waals surface area contributed by atoms with Gasteiger partial charge in [-0.1, -0.05) is 0 Å². The zero-order chi connectivity index (χ0) is 18.0. The summed E-state index contributed by atoms with van der Waals surface area (Å²) in [6.07, 6.45) is -2.38. The molecule has 2 aliphatic heterocycles. The summed E-state index contributed by atoms with van der Waals surface area (Å²) in [5, 5.41) is 51.5. The molecular formula is C16H24N2O7. The van der Waals surface area contributed by atoms with Gasteiger partial charge in [-0.2, -0.15) is 0 Å². The van der Waals surface area contributed by atoms with Crippen LogP contribution in [0.2, 0.25) is 0 Å². The number of morpholine rings is 2. The summed E-state index contributed by atoms with van der Waals surface area (Å²) >= 11 is 0. The number of aromatic hydroxyl groups is 3. The number of phenols is 3. The average Bonchev–Trinajstić information content (AvgIpc) is 2.67. The van der Waals surface area contributed by atoms with Crippen molar-refractivity contribution in [2.45, 2.75) is 12.5 Å². The molecule has 0 spiro atoms. The fourth-order valence-electron chi connectivity index (χ4n) is 3.12. The topological polar surface area (TPSA) is 126 Å². The molecule has 5 N–H and O–H groups in total. The van der Waals surface area contributed by atoms with Crippen LogP contribution in [0.15, 0.2) is 6.07 Å².